The lowest BCUT2D eigenvalue weighted by Crippen LogP contribution is -2.54. The van der Waals surface area contributed by atoms with Gasteiger partial charge in [-0.2, -0.15) is 0 Å². The molecule has 0 radical (unpaired) electrons. The quantitative estimate of drug-likeness (QED) is 0.0257. The van der Waals surface area contributed by atoms with E-state index in [1.807, 2.05) is 48.5 Å². The number of ether oxygens (including phenoxy) is 6. The van der Waals surface area contributed by atoms with Crippen LogP contribution in [0.2, 0.25) is 0 Å². The number of para-hydroxylation sites is 1. The van der Waals surface area contributed by atoms with Crippen LogP contribution >= 0.6 is 0 Å². The van der Waals surface area contributed by atoms with Crippen LogP contribution in [0.15, 0.2) is 72.8 Å². The molecule has 24 heteroatoms. The molecule has 4 rings (SSSR count). The zero-order valence-electron chi connectivity index (χ0n) is 45.0. The number of carboxylic acids is 1. The Morgan fingerprint density at radius 3 is 1.91 bits per heavy atom. The third-order valence-electron chi connectivity index (χ3n) is 12.0. The van der Waals surface area contributed by atoms with E-state index in [-0.39, 0.29) is 129 Å². The van der Waals surface area contributed by atoms with Gasteiger partial charge >= 0.3 is 18.2 Å². The standard InChI is InChI=1S/C55H72N8O16/c1-37(2)50(52(69)60-44(13-9-24-57-54(56)72)51(68)59-43-19-15-39(16-20-43)36-79-55(73)78-27-23-48(66)62(4)38(3)53(70)71)61-47(65)22-26-75-29-31-77-33-32-76-30-28-74-25-21-46(64)58-34-49(67)63-35-42-12-6-5-10-40(42)17-18-41-11-7-8-14-45(41)63/h5-8,10-12,14-16,19-20,37-38,44,50H,9,13,21-36H2,1-4H3,(H,58,64)(H,59,68)(H,60,69)(H,61,65)(H,70,71)(H3,56,57,72)/t38-,44-,50-/m0/s1. The molecule has 0 aliphatic carbocycles. The molecule has 1 heterocycles. The number of carbonyl (C=O) groups is 9. The van der Waals surface area contributed by atoms with E-state index < -0.39 is 59.9 Å². The molecule has 8 N–H and O–H groups in total. The summed E-state index contributed by atoms with van der Waals surface area (Å²) in [6, 6.07) is 17.4. The highest BCUT2D eigenvalue weighted by Crippen LogP contribution is 2.25. The van der Waals surface area contributed by atoms with Gasteiger partial charge in [0.2, 0.25) is 35.4 Å². The van der Waals surface area contributed by atoms with E-state index in [1.165, 1.54) is 14.0 Å². The van der Waals surface area contributed by atoms with Crippen molar-refractivity contribution in [1.29, 1.82) is 0 Å². The van der Waals surface area contributed by atoms with Crippen LogP contribution in [0.1, 0.15) is 75.1 Å². The van der Waals surface area contributed by atoms with Crippen molar-refractivity contribution in [3.8, 4) is 11.8 Å². The first-order chi connectivity index (χ1) is 37.9. The fraction of sp³-hybridized carbons (Fsp3) is 0.473. The van der Waals surface area contributed by atoms with E-state index >= 15 is 0 Å². The molecule has 79 heavy (non-hydrogen) atoms. The van der Waals surface area contributed by atoms with Crippen molar-refractivity contribution in [3.63, 3.8) is 0 Å². The Kier molecular flexibility index (Phi) is 27.8. The van der Waals surface area contributed by atoms with Crippen molar-refractivity contribution in [3.05, 3.63) is 95.1 Å². The number of nitrogens with zero attached hydrogens (tertiary/aromatic N) is 2. The second kappa shape index (κ2) is 34.6. The molecule has 1 aliphatic rings. The molecule has 8 amide bonds. The summed E-state index contributed by atoms with van der Waals surface area (Å²) in [4.78, 5) is 115. The molecule has 1 aliphatic heterocycles. The predicted molar refractivity (Wildman–Crippen MR) is 287 cm³/mol. The molecule has 3 aromatic carbocycles. The summed E-state index contributed by atoms with van der Waals surface area (Å²) >= 11 is 0. The van der Waals surface area contributed by atoms with Crippen LogP contribution in [0, 0.1) is 17.8 Å². The number of amides is 8. The SMILES string of the molecule is CC(C)[C@H](NC(=O)CCOCCOCCOCCOCCC(=O)NCC(=O)N1Cc2ccccc2C#Cc2ccccc21)C(=O)N[C@@H](CCCNC(N)=O)C(=O)Nc1ccc(COC(=O)OCCC(=O)N(C)[C@@H](C)C(=O)O)cc1. The minimum atomic E-state index is -1.18. The molecular weight excluding hydrogens is 1030 g/mol. The average molecular weight is 1100 g/mol. The Bertz CT molecular complexity index is 2590. The van der Waals surface area contributed by atoms with Gasteiger partial charge in [-0.15, -0.1) is 0 Å². The van der Waals surface area contributed by atoms with Crippen molar-refractivity contribution in [2.75, 3.05) is 89.8 Å². The molecule has 24 nitrogen and oxygen atoms in total. The van der Waals surface area contributed by atoms with Crippen LogP contribution in [-0.2, 0) is 75.1 Å². The zero-order valence-corrected chi connectivity index (χ0v) is 45.0. The van der Waals surface area contributed by atoms with Crippen LogP contribution < -0.4 is 37.2 Å². The first-order valence-electron chi connectivity index (χ1n) is 25.8. The number of fused-ring (bicyclic) bond motifs is 2. The van der Waals surface area contributed by atoms with E-state index in [1.54, 1.807) is 43.0 Å². The van der Waals surface area contributed by atoms with E-state index in [4.69, 9.17) is 39.3 Å². The predicted octanol–water partition coefficient (Wildman–Crippen LogP) is 2.58. The van der Waals surface area contributed by atoms with Gasteiger partial charge in [0.05, 0.1) is 78.1 Å². The number of urea groups is 1. The lowest BCUT2D eigenvalue weighted by atomic mass is 10.0. The highest BCUT2D eigenvalue weighted by Gasteiger charge is 2.29. The van der Waals surface area contributed by atoms with Gasteiger partial charge in [0, 0.05) is 43.2 Å². The van der Waals surface area contributed by atoms with Crippen LogP contribution in [0.4, 0.5) is 21.0 Å². The first-order valence-corrected chi connectivity index (χ1v) is 25.8. The second-order valence-corrected chi connectivity index (χ2v) is 18.3. The Balaban J connectivity index is 1.06. The molecular formula is C55H72N8O16. The Morgan fingerprint density at radius 1 is 0.684 bits per heavy atom. The number of nitrogens with two attached hydrogens (primary N) is 1. The fourth-order valence-electron chi connectivity index (χ4n) is 7.36. The normalized spacial score (nSPS) is 12.5. The van der Waals surface area contributed by atoms with Crippen molar-refractivity contribution in [2.45, 2.75) is 84.2 Å². The number of hydrogen-bond donors (Lipinski definition) is 7. The number of carboxylic acid groups (broad SMARTS) is 1. The summed E-state index contributed by atoms with van der Waals surface area (Å²) in [6.07, 6.45) is -0.916. The molecule has 0 spiro atoms. The third kappa shape index (κ3) is 23.6. The average Bonchev–Trinajstić information content (AvgIpc) is 3.47. The summed E-state index contributed by atoms with van der Waals surface area (Å²) in [6.45, 7) is 6.28. The lowest BCUT2D eigenvalue weighted by molar-refractivity contribution is -0.148. The summed E-state index contributed by atoms with van der Waals surface area (Å²) in [5.41, 5.74) is 9.22. The van der Waals surface area contributed by atoms with Gasteiger partial charge < -0.3 is 75.6 Å². The molecule has 0 bridgehead atoms. The monoisotopic (exact) mass is 1100 g/mol. The maximum atomic E-state index is 13.6. The number of rotatable bonds is 34. The number of carbonyl (C=O) groups excluding carboxylic acids is 8. The Hall–Kier alpha value is -8.11. The summed E-state index contributed by atoms with van der Waals surface area (Å²) in [5.74, 6) is 2.03. The maximum Gasteiger partial charge on any atom is 0.508 e. The van der Waals surface area contributed by atoms with Gasteiger partial charge in [0.15, 0.2) is 0 Å². The van der Waals surface area contributed by atoms with Gasteiger partial charge in [-0.1, -0.05) is 68.2 Å². The largest absolute Gasteiger partial charge is 0.508 e. The molecule has 0 saturated heterocycles. The number of aliphatic carboxylic acids is 1. The Labute approximate surface area is 459 Å². The van der Waals surface area contributed by atoms with Gasteiger partial charge in [0.25, 0.3) is 0 Å². The number of hydrogen-bond acceptors (Lipinski definition) is 15. The molecule has 428 valence electrons. The van der Waals surface area contributed by atoms with Crippen molar-refractivity contribution in [2.24, 2.45) is 11.7 Å². The summed E-state index contributed by atoms with van der Waals surface area (Å²) < 4.78 is 32.1. The van der Waals surface area contributed by atoms with Crippen molar-refractivity contribution < 1.29 is 76.7 Å². The maximum absolute atomic E-state index is 13.6. The Morgan fingerprint density at radius 2 is 1.28 bits per heavy atom. The molecule has 3 atom stereocenters. The van der Waals surface area contributed by atoms with E-state index in [9.17, 15) is 43.2 Å². The fourth-order valence-corrected chi connectivity index (χ4v) is 7.36. The summed E-state index contributed by atoms with van der Waals surface area (Å²) in [5, 5.41) is 22.4. The molecule has 0 unspecified atom stereocenters. The zero-order chi connectivity index (χ0) is 57.5. The summed E-state index contributed by atoms with van der Waals surface area (Å²) in [7, 11) is 1.33. The number of benzene rings is 3. The van der Waals surface area contributed by atoms with E-state index in [2.05, 4.69) is 38.4 Å². The number of primary amides is 1. The molecule has 0 aromatic heterocycles. The van der Waals surface area contributed by atoms with E-state index in [0.717, 1.165) is 21.6 Å². The highest BCUT2D eigenvalue weighted by atomic mass is 16.7. The number of nitrogens with one attached hydrogen (secondary N) is 5. The van der Waals surface area contributed by atoms with Gasteiger partial charge in [-0.05, 0) is 67.1 Å². The van der Waals surface area contributed by atoms with E-state index in [0.29, 0.717) is 23.5 Å². The smallest absolute Gasteiger partial charge is 0.480 e. The molecule has 3 aromatic rings. The minimum absolute atomic E-state index is 0.0471. The van der Waals surface area contributed by atoms with Crippen LogP contribution in [-0.4, -0.2) is 161 Å². The highest BCUT2D eigenvalue weighted by molar-refractivity contribution is 5.99. The third-order valence-corrected chi connectivity index (χ3v) is 12.0. The van der Waals surface area contributed by atoms with Gasteiger partial charge in [-0.25, -0.2) is 14.4 Å². The van der Waals surface area contributed by atoms with Crippen molar-refractivity contribution >= 4 is 65.0 Å². The van der Waals surface area contributed by atoms with Crippen molar-refractivity contribution in [1.82, 2.24) is 26.2 Å². The van der Waals surface area contributed by atoms with Crippen LogP contribution in [0.25, 0.3) is 0 Å². The van der Waals surface area contributed by atoms with Crippen LogP contribution in [0.5, 0.6) is 0 Å². The first kappa shape index (κ1) is 63.4. The van der Waals surface area contributed by atoms with Crippen LogP contribution in [0.3, 0.4) is 0 Å². The minimum Gasteiger partial charge on any atom is -0.480 e. The topological polar surface area (TPSA) is 322 Å². The second-order valence-electron chi connectivity index (χ2n) is 18.3. The lowest BCUT2D eigenvalue weighted by Gasteiger charge is -2.26. The number of anilines is 2. The number of likely N-dealkylation sites (N-methyl/N-ethyl adjacent to an activating group) is 1. The molecule has 0 saturated carbocycles. The molecule has 0 fully saturated rings. The van der Waals surface area contributed by atoms with Gasteiger partial charge in [-0.3, -0.25) is 28.8 Å². The van der Waals surface area contributed by atoms with Gasteiger partial charge in [0.1, 0.15) is 31.3 Å².